The van der Waals surface area contributed by atoms with Crippen molar-refractivity contribution in [2.24, 2.45) is 11.7 Å². The minimum absolute atomic E-state index is 0.0949. The van der Waals surface area contributed by atoms with E-state index in [2.05, 4.69) is 0 Å². The number of carboxylic acids is 1. The summed E-state index contributed by atoms with van der Waals surface area (Å²) in [5, 5.41) is 8.54. The Morgan fingerprint density at radius 3 is 2.55 bits per heavy atom. The summed E-state index contributed by atoms with van der Waals surface area (Å²) in [6.07, 6.45) is 3.50. The Balaban J connectivity index is 2.43. The number of rotatable bonds is 3. The lowest BCUT2D eigenvalue weighted by Crippen LogP contribution is -2.48. The van der Waals surface area contributed by atoms with Gasteiger partial charge in [0.2, 0.25) is 0 Å². The van der Waals surface area contributed by atoms with E-state index in [0.29, 0.717) is 5.92 Å². The van der Waals surface area contributed by atoms with E-state index in [1.54, 1.807) is 0 Å². The highest BCUT2D eigenvalue weighted by molar-refractivity contribution is 5.68. The molecule has 0 aromatic carbocycles. The van der Waals surface area contributed by atoms with Crippen LogP contribution >= 0.6 is 0 Å². The molecule has 3 heteroatoms. The average Bonchev–Trinajstić information content (AvgIpc) is 1.50. The normalized spacial score (nSPS) is 23.8. The van der Waals surface area contributed by atoms with Gasteiger partial charge in [0, 0.05) is 5.54 Å². The zero-order chi connectivity index (χ0) is 8.48. The van der Waals surface area contributed by atoms with E-state index in [0.717, 1.165) is 12.8 Å². The van der Waals surface area contributed by atoms with Crippen LogP contribution in [0.2, 0.25) is 0 Å². The van der Waals surface area contributed by atoms with Gasteiger partial charge >= 0.3 is 5.97 Å². The molecule has 1 aliphatic rings. The van der Waals surface area contributed by atoms with Crippen molar-refractivity contribution < 1.29 is 9.90 Å². The number of nitrogens with two attached hydrogens (primary N) is 1. The van der Waals surface area contributed by atoms with Gasteiger partial charge in [-0.05, 0) is 25.7 Å². The lowest BCUT2D eigenvalue weighted by atomic mass is 9.71. The molecule has 0 bridgehead atoms. The fourth-order valence-corrected chi connectivity index (χ4v) is 1.54. The Morgan fingerprint density at radius 1 is 1.73 bits per heavy atom. The average molecular weight is 157 g/mol. The van der Waals surface area contributed by atoms with E-state index in [-0.39, 0.29) is 6.42 Å². The molecule has 1 atom stereocenters. The van der Waals surface area contributed by atoms with E-state index < -0.39 is 11.5 Å². The van der Waals surface area contributed by atoms with E-state index in [1.807, 2.05) is 6.92 Å². The van der Waals surface area contributed by atoms with Crippen molar-refractivity contribution in [1.82, 2.24) is 0 Å². The van der Waals surface area contributed by atoms with Crippen LogP contribution in [-0.2, 0) is 4.79 Å². The van der Waals surface area contributed by atoms with Gasteiger partial charge in [-0.25, -0.2) is 0 Å². The van der Waals surface area contributed by atoms with E-state index in [4.69, 9.17) is 10.8 Å². The molecule has 0 aromatic rings. The molecular formula is C8H15NO2. The van der Waals surface area contributed by atoms with Crippen molar-refractivity contribution in [2.75, 3.05) is 0 Å². The molecule has 0 spiro atoms. The number of hydrogen-bond acceptors (Lipinski definition) is 2. The maximum absolute atomic E-state index is 10.4. The van der Waals surface area contributed by atoms with E-state index in [9.17, 15) is 4.79 Å². The summed E-state index contributed by atoms with van der Waals surface area (Å²) in [7, 11) is 0. The van der Waals surface area contributed by atoms with Crippen molar-refractivity contribution in [1.29, 1.82) is 0 Å². The second-order valence-corrected chi connectivity index (χ2v) is 3.70. The number of carbonyl (C=O) groups is 1. The quantitative estimate of drug-likeness (QED) is 0.641. The van der Waals surface area contributed by atoms with Gasteiger partial charge < -0.3 is 10.8 Å². The molecule has 1 rings (SSSR count). The lowest BCUT2D eigenvalue weighted by Gasteiger charge is -2.39. The van der Waals surface area contributed by atoms with Crippen LogP contribution in [0.15, 0.2) is 0 Å². The predicted molar refractivity (Wildman–Crippen MR) is 42.2 cm³/mol. The van der Waals surface area contributed by atoms with Crippen LogP contribution in [0.25, 0.3) is 0 Å². The zero-order valence-corrected chi connectivity index (χ0v) is 6.84. The van der Waals surface area contributed by atoms with Crippen LogP contribution in [-0.4, -0.2) is 16.6 Å². The zero-order valence-electron chi connectivity index (χ0n) is 6.84. The lowest BCUT2D eigenvalue weighted by molar-refractivity contribution is -0.139. The molecule has 64 valence electrons. The van der Waals surface area contributed by atoms with Crippen LogP contribution in [0.5, 0.6) is 0 Å². The molecule has 3 nitrogen and oxygen atoms in total. The van der Waals surface area contributed by atoms with Gasteiger partial charge in [-0.1, -0.05) is 6.42 Å². The van der Waals surface area contributed by atoms with Crippen LogP contribution in [0.1, 0.15) is 32.6 Å². The molecule has 0 radical (unpaired) electrons. The summed E-state index contributed by atoms with van der Waals surface area (Å²) in [4.78, 5) is 10.4. The Labute approximate surface area is 66.6 Å². The highest BCUT2D eigenvalue weighted by Crippen LogP contribution is 2.36. The summed E-state index contributed by atoms with van der Waals surface area (Å²) < 4.78 is 0. The van der Waals surface area contributed by atoms with Gasteiger partial charge in [0.05, 0.1) is 6.42 Å². The minimum atomic E-state index is -0.790. The van der Waals surface area contributed by atoms with Crippen molar-refractivity contribution in [2.45, 2.75) is 38.1 Å². The summed E-state index contributed by atoms with van der Waals surface area (Å²) in [5.41, 5.74) is 5.36. The first kappa shape index (κ1) is 8.53. The van der Waals surface area contributed by atoms with Crippen LogP contribution < -0.4 is 5.73 Å². The third kappa shape index (κ3) is 1.93. The van der Waals surface area contributed by atoms with Gasteiger partial charge in [0.15, 0.2) is 0 Å². The van der Waals surface area contributed by atoms with Crippen LogP contribution in [0, 0.1) is 5.92 Å². The Bertz CT molecular complexity index is 161. The molecule has 0 heterocycles. The first-order valence-electron chi connectivity index (χ1n) is 4.03. The second-order valence-electron chi connectivity index (χ2n) is 3.70. The van der Waals surface area contributed by atoms with E-state index in [1.165, 1.54) is 6.42 Å². The first-order chi connectivity index (χ1) is 5.02. The molecular weight excluding hydrogens is 142 g/mol. The topological polar surface area (TPSA) is 63.3 Å². The number of carboxylic acid groups (broad SMARTS) is 1. The maximum Gasteiger partial charge on any atom is 0.305 e. The standard InChI is InChI=1S/C8H15NO2/c1-8(9,5-7(10)11)6-3-2-4-6/h6H,2-5,9H2,1H3,(H,10,11)/t8-/m1/s1. The van der Waals surface area contributed by atoms with Crippen molar-refractivity contribution in [3.63, 3.8) is 0 Å². The van der Waals surface area contributed by atoms with Crippen LogP contribution in [0.4, 0.5) is 0 Å². The summed E-state index contributed by atoms with van der Waals surface area (Å²) in [5.74, 6) is -0.361. The molecule has 3 N–H and O–H groups in total. The maximum atomic E-state index is 10.4. The summed E-state index contributed by atoms with van der Waals surface area (Å²) >= 11 is 0. The number of hydrogen-bond donors (Lipinski definition) is 2. The molecule has 1 aliphatic carbocycles. The van der Waals surface area contributed by atoms with Crippen molar-refractivity contribution >= 4 is 5.97 Å². The largest absolute Gasteiger partial charge is 0.481 e. The van der Waals surface area contributed by atoms with Crippen molar-refractivity contribution in [3.8, 4) is 0 Å². The van der Waals surface area contributed by atoms with Crippen LogP contribution in [0.3, 0.4) is 0 Å². The molecule has 0 saturated heterocycles. The smallest absolute Gasteiger partial charge is 0.305 e. The molecule has 0 aromatic heterocycles. The highest BCUT2D eigenvalue weighted by atomic mass is 16.4. The molecule has 1 saturated carbocycles. The monoisotopic (exact) mass is 157 g/mol. The Hall–Kier alpha value is -0.570. The Morgan fingerprint density at radius 2 is 2.27 bits per heavy atom. The van der Waals surface area contributed by atoms with Crippen molar-refractivity contribution in [3.05, 3.63) is 0 Å². The summed E-state index contributed by atoms with van der Waals surface area (Å²) in [6.45, 7) is 1.84. The molecule has 11 heavy (non-hydrogen) atoms. The SMILES string of the molecule is C[C@@](N)(CC(=O)O)C1CCC1. The minimum Gasteiger partial charge on any atom is -0.481 e. The fourth-order valence-electron chi connectivity index (χ4n) is 1.54. The van der Waals surface area contributed by atoms with Gasteiger partial charge in [-0.15, -0.1) is 0 Å². The molecule has 0 unspecified atom stereocenters. The van der Waals surface area contributed by atoms with Gasteiger partial charge in [-0.2, -0.15) is 0 Å². The van der Waals surface area contributed by atoms with Gasteiger partial charge in [-0.3, -0.25) is 4.79 Å². The first-order valence-corrected chi connectivity index (χ1v) is 4.03. The van der Waals surface area contributed by atoms with E-state index >= 15 is 0 Å². The van der Waals surface area contributed by atoms with Gasteiger partial charge in [0.25, 0.3) is 0 Å². The Kier molecular flexibility index (Phi) is 2.18. The molecule has 0 amide bonds. The summed E-state index contributed by atoms with van der Waals surface area (Å²) in [6, 6.07) is 0. The fraction of sp³-hybridized carbons (Fsp3) is 0.875. The molecule has 0 aliphatic heterocycles. The third-order valence-corrected chi connectivity index (χ3v) is 2.57. The third-order valence-electron chi connectivity index (χ3n) is 2.57. The highest BCUT2D eigenvalue weighted by Gasteiger charge is 2.35. The molecule has 1 fully saturated rings. The second kappa shape index (κ2) is 2.81. The van der Waals surface area contributed by atoms with Gasteiger partial charge in [0.1, 0.15) is 0 Å². The predicted octanol–water partition coefficient (Wildman–Crippen LogP) is 0.979. The number of aliphatic carboxylic acids is 1.